The molecule has 0 heterocycles. The zero-order valence-corrected chi connectivity index (χ0v) is 13.8. The third-order valence-electron chi connectivity index (χ3n) is 3.77. The van der Waals surface area contributed by atoms with Crippen LogP contribution in [0.1, 0.15) is 23.6 Å². The van der Waals surface area contributed by atoms with E-state index in [1.165, 1.54) is 12.5 Å². The molecule has 0 spiro atoms. The minimum atomic E-state index is -0.0198. The minimum absolute atomic E-state index is 0.0155. The maximum absolute atomic E-state index is 12.0. The fourth-order valence-corrected chi connectivity index (χ4v) is 2.17. The Bertz CT molecular complexity index is 676. The van der Waals surface area contributed by atoms with Crippen LogP contribution >= 0.6 is 0 Å². The normalized spacial score (nSPS) is 10.2. The highest BCUT2D eigenvalue weighted by atomic mass is 16.2. The largest absolute Gasteiger partial charge is 0.352 e. The molecule has 0 saturated carbocycles. The van der Waals surface area contributed by atoms with E-state index in [0.717, 1.165) is 16.8 Å². The predicted octanol–water partition coefficient (Wildman–Crippen LogP) is 2.84. The summed E-state index contributed by atoms with van der Waals surface area (Å²) in [6.07, 6.45) is 0.329. The van der Waals surface area contributed by atoms with Crippen molar-refractivity contribution in [3.63, 3.8) is 0 Å². The average molecular weight is 310 g/mol. The second kappa shape index (κ2) is 7.58. The summed E-state index contributed by atoms with van der Waals surface area (Å²) in [6, 6.07) is 15.6. The maximum Gasteiger partial charge on any atom is 0.224 e. The summed E-state index contributed by atoms with van der Waals surface area (Å²) in [5.41, 5.74) is 4.03. The second-order valence-electron chi connectivity index (χ2n) is 5.68. The van der Waals surface area contributed by atoms with Crippen molar-refractivity contribution in [2.75, 3.05) is 11.9 Å². The first-order valence-corrected chi connectivity index (χ1v) is 7.61. The molecule has 0 aliphatic heterocycles. The van der Waals surface area contributed by atoms with Crippen molar-refractivity contribution in [1.82, 2.24) is 5.32 Å². The third-order valence-corrected chi connectivity index (χ3v) is 3.77. The molecule has 0 aromatic heterocycles. The Morgan fingerprint density at radius 2 is 1.52 bits per heavy atom. The highest BCUT2D eigenvalue weighted by molar-refractivity contribution is 5.90. The van der Waals surface area contributed by atoms with Gasteiger partial charge in [0.1, 0.15) is 0 Å². The Morgan fingerprint density at radius 1 is 0.957 bits per heavy atom. The number of nitrogens with one attached hydrogen (secondary N) is 1. The molecular formula is C19H22N2O2. The lowest BCUT2D eigenvalue weighted by molar-refractivity contribution is -0.120. The number of nitrogens with zero attached hydrogens (tertiary/aromatic N) is 1. The maximum atomic E-state index is 12.0. The van der Waals surface area contributed by atoms with Crippen LogP contribution in [0.5, 0.6) is 0 Å². The topological polar surface area (TPSA) is 49.4 Å². The molecule has 2 aromatic rings. The fourth-order valence-electron chi connectivity index (χ4n) is 2.17. The molecule has 0 radical (unpaired) electrons. The molecule has 0 atom stereocenters. The van der Waals surface area contributed by atoms with Gasteiger partial charge in [0.25, 0.3) is 0 Å². The number of benzene rings is 2. The summed E-state index contributed by atoms with van der Waals surface area (Å²) in [5, 5.41) is 2.92. The molecule has 23 heavy (non-hydrogen) atoms. The molecule has 120 valence electrons. The Labute approximate surface area is 137 Å². The Hall–Kier alpha value is -2.62. The Balaban J connectivity index is 1.87. The van der Waals surface area contributed by atoms with Gasteiger partial charge in [-0.1, -0.05) is 42.0 Å². The van der Waals surface area contributed by atoms with E-state index in [-0.39, 0.29) is 11.8 Å². The van der Waals surface area contributed by atoms with Crippen LogP contribution in [0.4, 0.5) is 5.69 Å². The molecule has 1 N–H and O–H groups in total. The molecule has 2 amide bonds. The molecule has 4 heteroatoms. The van der Waals surface area contributed by atoms with Crippen LogP contribution in [0, 0.1) is 6.92 Å². The molecule has 0 saturated heterocycles. The third kappa shape index (κ3) is 4.95. The number of amides is 2. The van der Waals surface area contributed by atoms with Gasteiger partial charge < -0.3 is 10.2 Å². The number of carbonyl (C=O) groups excluding carboxylic acids is 2. The molecule has 4 nitrogen and oxygen atoms in total. The zero-order valence-electron chi connectivity index (χ0n) is 13.8. The van der Waals surface area contributed by atoms with Gasteiger partial charge in [0.05, 0.1) is 6.42 Å². The summed E-state index contributed by atoms with van der Waals surface area (Å²) < 4.78 is 0. The highest BCUT2D eigenvalue weighted by Gasteiger charge is 2.07. The summed E-state index contributed by atoms with van der Waals surface area (Å²) >= 11 is 0. The van der Waals surface area contributed by atoms with Crippen LogP contribution in [-0.4, -0.2) is 18.9 Å². The minimum Gasteiger partial charge on any atom is -0.352 e. The fraction of sp³-hybridized carbons (Fsp3) is 0.263. The summed E-state index contributed by atoms with van der Waals surface area (Å²) in [7, 11) is 1.73. The van der Waals surface area contributed by atoms with Crippen molar-refractivity contribution in [2.45, 2.75) is 26.8 Å². The van der Waals surface area contributed by atoms with E-state index < -0.39 is 0 Å². The molecule has 0 aliphatic carbocycles. The first-order valence-electron chi connectivity index (χ1n) is 7.61. The quantitative estimate of drug-likeness (QED) is 0.923. The standard InChI is InChI=1S/C19H22N2O2/c1-14-4-6-17(7-5-14)13-20-19(23)12-16-8-10-18(11-9-16)21(3)15(2)22/h4-11H,12-13H2,1-3H3,(H,20,23). The van der Waals surface area contributed by atoms with Crippen molar-refractivity contribution >= 4 is 17.5 Å². The predicted molar refractivity (Wildman–Crippen MR) is 92.3 cm³/mol. The SMILES string of the molecule is CC(=O)N(C)c1ccc(CC(=O)NCc2ccc(C)cc2)cc1. The van der Waals surface area contributed by atoms with Gasteiger partial charge in [-0.15, -0.1) is 0 Å². The lowest BCUT2D eigenvalue weighted by Crippen LogP contribution is -2.25. The van der Waals surface area contributed by atoms with Crippen LogP contribution in [-0.2, 0) is 22.6 Å². The van der Waals surface area contributed by atoms with Crippen LogP contribution in [0.15, 0.2) is 48.5 Å². The van der Waals surface area contributed by atoms with E-state index in [9.17, 15) is 9.59 Å². The Morgan fingerprint density at radius 3 is 2.09 bits per heavy atom. The van der Waals surface area contributed by atoms with Crippen molar-refractivity contribution in [2.24, 2.45) is 0 Å². The summed E-state index contributed by atoms with van der Waals surface area (Å²) in [5.74, 6) is -0.0353. The number of carbonyl (C=O) groups is 2. The van der Waals surface area contributed by atoms with Crippen LogP contribution in [0.25, 0.3) is 0 Å². The van der Waals surface area contributed by atoms with E-state index in [0.29, 0.717) is 13.0 Å². The number of rotatable bonds is 5. The van der Waals surface area contributed by atoms with Gasteiger partial charge in [0, 0.05) is 26.2 Å². The van der Waals surface area contributed by atoms with Crippen molar-refractivity contribution in [1.29, 1.82) is 0 Å². The van der Waals surface area contributed by atoms with Crippen molar-refractivity contribution < 1.29 is 9.59 Å². The van der Waals surface area contributed by atoms with Crippen LogP contribution in [0.2, 0.25) is 0 Å². The number of hydrogen-bond acceptors (Lipinski definition) is 2. The smallest absolute Gasteiger partial charge is 0.224 e. The summed E-state index contributed by atoms with van der Waals surface area (Å²) in [4.78, 5) is 24.9. The van der Waals surface area contributed by atoms with Gasteiger partial charge in [0.15, 0.2) is 0 Å². The molecule has 0 aliphatic rings. The van der Waals surface area contributed by atoms with Gasteiger partial charge in [0.2, 0.25) is 11.8 Å². The first-order chi connectivity index (χ1) is 11.0. The van der Waals surface area contributed by atoms with E-state index in [2.05, 4.69) is 5.32 Å². The van der Waals surface area contributed by atoms with Gasteiger partial charge >= 0.3 is 0 Å². The van der Waals surface area contributed by atoms with Crippen molar-refractivity contribution in [3.8, 4) is 0 Å². The van der Waals surface area contributed by atoms with Gasteiger partial charge in [-0.25, -0.2) is 0 Å². The second-order valence-corrected chi connectivity index (χ2v) is 5.68. The van der Waals surface area contributed by atoms with Gasteiger partial charge in [-0.2, -0.15) is 0 Å². The molecule has 0 bridgehead atoms. The molecule has 0 fully saturated rings. The lowest BCUT2D eigenvalue weighted by Gasteiger charge is -2.15. The molecule has 2 aromatic carbocycles. The zero-order chi connectivity index (χ0) is 16.8. The number of aryl methyl sites for hydroxylation is 1. The van der Waals surface area contributed by atoms with Gasteiger partial charge in [-0.05, 0) is 30.2 Å². The van der Waals surface area contributed by atoms with E-state index in [1.54, 1.807) is 11.9 Å². The van der Waals surface area contributed by atoms with Gasteiger partial charge in [-0.3, -0.25) is 9.59 Å². The van der Waals surface area contributed by atoms with Crippen LogP contribution in [0.3, 0.4) is 0 Å². The first kappa shape index (κ1) is 16.7. The Kier molecular flexibility index (Phi) is 5.52. The highest BCUT2D eigenvalue weighted by Crippen LogP contribution is 2.14. The molecule has 0 unspecified atom stereocenters. The lowest BCUT2D eigenvalue weighted by atomic mass is 10.1. The number of anilines is 1. The monoisotopic (exact) mass is 310 g/mol. The van der Waals surface area contributed by atoms with E-state index >= 15 is 0 Å². The number of hydrogen-bond donors (Lipinski definition) is 1. The van der Waals surface area contributed by atoms with Crippen LogP contribution < -0.4 is 10.2 Å². The average Bonchev–Trinajstić information content (AvgIpc) is 2.54. The van der Waals surface area contributed by atoms with Crippen molar-refractivity contribution in [3.05, 3.63) is 65.2 Å². The van der Waals surface area contributed by atoms with E-state index in [4.69, 9.17) is 0 Å². The molecular weight excluding hydrogens is 288 g/mol. The summed E-state index contributed by atoms with van der Waals surface area (Å²) in [6.45, 7) is 4.09. The van der Waals surface area contributed by atoms with E-state index in [1.807, 2.05) is 55.5 Å². The molecule has 2 rings (SSSR count).